The Morgan fingerprint density at radius 1 is 1.09 bits per heavy atom. The van der Waals surface area contributed by atoms with Gasteiger partial charge in [-0.3, -0.25) is 14.4 Å². The van der Waals surface area contributed by atoms with Gasteiger partial charge in [0.1, 0.15) is 6.10 Å². The van der Waals surface area contributed by atoms with Crippen LogP contribution in [0.5, 0.6) is 0 Å². The smallest absolute Gasteiger partial charge is 0.333 e. The fourth-order valence-corrected chi connectivity index (χ4v) is 4.60. The Morgan fingerprint density at radius 3 is 2.54 bits per heavy atom. The largest absolute Gasteiger partial charge is 0.462 e. The normalized spacial score (nSPS) is 31.4. The van der Waals surface area contributed by atoms with Crippen molar-refractivity contribution in [2.45, 2.75) is 89.4 Å². The van der Waals surface area contributed by atoms with Gasteiger partial charge in [-0.1, -0.05) is 12.2 Å². The van der Waals surface area contributed by atoms with Crippen molar-refractivity contribution in [3.05, 3.63) is 24.3 Å². The standard InChI is InChI=1S/C25H33NO9/c1-16-6-3-2-4-7-17-14-18(15-19(17)20(27)10-13-24(31)33-16)34-23(30)8-5-9-25(32)35-26-21(28)11-12-22(26)29/h4,7,10,13,16-20,27H,2-3,5-6,8-9,11-12,14-15H2,1H3/b7-4+,13-10+/t16-,17+,18-,19+,20+/m0/s1. The number of carbonyl (C=O) groups excluding carboxylic acids is 5. The number of imide groups is 1. The van der Waals surface area contributed by atoms with Crippen LogP contribution < -0.4 is 0 Å². The number of nitrogens with zero attached hydrogens (tertiary/aromatic N) is 1. The van der Waals surface area contributed by atoms with Crippen LogP contribution in [0.4, 0.5) is 0 Å². The first-order chi connectivity index (χ1) is 16.7. The van der Waals surface area contributed by atoms with E-state index in [9.17, 15) is 29.1 Å². The molecule has 2 fully saturated rings. The highest BCUT2D eigenvalue weighted by atomic mass is 16.7. The minimum atomic E-state index is -0.886. The van der Waals surface area contributed by atoms with Crippen LogP contribution in [0.3, 0.4) is 0 Å². The first kappa shape index (κ1) is 26.6. The highest BCUT2D eigenvalue weighted by Gasteiger charge is 2.38. The van der Waals surface area contributed by atoms with E-state index in [1.807, 2.05) is 6.92 Å². The van der Waals surface area contributed by atoms with E-state index >= 15 is 0 Å². The Bertz CT molecular complexity index is 864. The minimum Gasteiger partial charge on any atom is -0.462 e. The number of allylic oxidation sites excluding steroid dienone is 2. The number of esters is 2. The quantitative estimate of drug-likeness (QED) is 0.337. The average Bonchev–Trinajstić information content (AvgIpc) is 3.34. The number of cyclic esters (lactones) is 1. The Kier molecular flexibility index (Phi) is 9.59. The third-order valence-corrected chi connectivity index (χ3v) is 6.43. The lowest BCUT2D eigenvalue weighted by Crippen LogP contribution is -2.32. The molecular formula is C25H33NO9. The highest BCUT2D eigenvalue weighted by molar-refractivity contribution is 6.01. The predicted molar refractivity (Wildman–Crippen MR) is 121 cm³/mol. The van der Waals surface area contributed by atoms with Crippen molar-refractivity contribution in [2.24, 2.45) is 11.8 Å². The summed E-state index contributed by atoms with van der Waals surface area (Å²) in [6.45, 7) is 1.84. The third-order valence-electron chi connectivity index (χ3n) is 6.43. The van der Waals surface area contributed by atoms with Crippen molar-refractivity contribution in [1.82, 2.24) is 5.06 Å². The van der Waals surface area contributed by atoms with E-state index in [1.54, 1.807) is 0 Å². The zero-order valence-electron chi connectivity index (χ0n) is 19.9. The molecule has 0 aromatic carbocycles. The van der Waals surface area contributed by atoms with E-state index < -0.39 is 41.9 Å². The number of rotatable bonds is 6. The topological polar surface area (TPSA) is 137 Å². The minimum absolute atomic E-state index is 0.00726. The second-order valence-electron chi connectivity index (χ2n) is 9.27. The van der Waals surface area contributed by atoms with E-state index in [4.69, 9.17) is 14.3 Å². The fourth-order valence-electron chi connectivity index (χ4n) is 4.60. The monoisotopic (exact) mass is 491 g/mol. The number of fused-ring (bicyclic) bond motifs is 1. The van der Waals surface area contributed by atoms with Gasteiger partial charge in [0.25, 0.3) is 11.8 Å². The van der Waals surface area contributed by atoms with E-state index in [0.717, 1.165) is 19.3 Å². The lowest BCUT2D eigenvalue weighted by Gasteiger charge is -2.19. The lowest BCUT2D eigenvalue weighted by atomic mass is 9.90. The van der Waals surface area contributed by atoms with Gasteiger partial charge in [0.15, 0.2) is 0 Å². The van der Waals surface area contributed by atoms with Crippen LogP contribution in [-0.4, -0.2) is 58.2 Å². The lowest BCUT2D eigenvalue weighted by molar-refractivity contribution is -0.197. The molecule has 2 amide bonds. The van der Waals surface area contributed by atoms with Crippen LogP contribution in [0.15, 0.2) is 24.3 Å². The van der Waals surface area contributed by atoms with Crippen molar-refractivity contribution in [3.8, 4) is 0 Å². The van der Waals surface area contributed by atoms with Crippen LogP contribution in [0.2, 0.25) is 0 Å². The number of carbonyl (C=O) groups is 5. The van der Waals surface area contributed by atoms with Gasteiger partial charge in [-0.2, -0.15) is 0 Å². The first-order valence-corrected chi connectivity index (χ1v) is 12.2. The Hall–Kier alpha value is -3.01. The van der Waals surface area contributed by atoms with Gasteiger partial charge < -0.3 is 19.4 Å². The number of hydroxylamine groups is 2. The van der Waals surface area contributed by atoms with Crippen molar-refractivity contribution >= 4 is 29.7 Å². The van der Waals surface area contributed by atoms with Crippen molar-refractivity contribution in [3.63, 3.8) is 0 Å². The molecule has 3 rings (SSSR count). The number of aliphatic hydroxyl groups excluding tert-OH is 1. The molecule has 1 aliphatic carbocycles. The molecule has 1 saturated heterocycles. The maximum absolute atomic E-state index is 12.3. The Balaban J connectivity index is 1.47. The number of amides is 2. The Labute approximate surface area is 204 Å². The molecule has 10 heteroatoms. The molecule has 2 aliphatic heterocycles. The van der Waals surface area contributed by atoms with Gasteiger partial charge in [-0.05, 0) is 63.4 Å². The molecule has 0 bridgehead atoms. The zero-order valence-corrected chi connectivity index (χ0v) is 19.9. The summed E-state index contributed by atoms with van der Waals surface area (Å²) in [6.07, 6.45) is 8.81. The molecule has 1 N–H and O–H groups in total. The number of ether oxygens (including phenoxy) is 2. The maximum atomic E-state index is 12.3. The molecule has 0 unspecified atom stereocenters. The fraction of sp³-hybridized carbons (Fsp3) is 0.640. The summed E-state index contributed by atoms with van der Waals surface area (Å²) >= 11 is 0. The van der Waals surface area contributed by atoms with Crippen LogP contribution in [0.1, 0.15) is 71.1 Å². The van der Waals surface area contributed by atoms with Gasteiger partial charge in [-0.15, -0.1) is 5.06 Å². The summed E-state index contributed by atoms with van der Waals surface area (Å²) in [5, 5.41) is 11.1. The molecule has 0 aromatic heterocycles. The molecule has 2 heterocycles. The molecule has 1 saturated carbocycles. The van der Waals surface area contributed by atoms with Crippen LogP contribution in [-0.2, 0) is 38.3 Å². The van der Waals surface area contributed by atoms with Gasteiger partial charge in [0, 0.05) is 31.8 Å². The maximum Gasteiger partial charge on any atom is 0.333 e. The molecule has 0 spiro atoms. The first-order valence-electron chi connectivity index (χ1n) is 12.2. The summed E-state index contributed by atoms with van der Waals surface area (Å²) in [6, 6.07) is 0. The third kappa shape index (κ3) is 8.02. The van der Waals surface area contributed by atoms with Gasteiger partial charge >= 0.3 is 17.9 Å². The van der Waals surface area contributed by atoms with Gasteiger partial charge in [0.2, 0.25) is 0 Å². The molecular weight excluding hydrogens is 458 g/mol. The van der Waals surface area contributed by atoms with Gasteiger partial charge in [0.05, 0.1) is 12.2 Å². The van der Waals surface area contributed by atoms with Crippen LogP contribution in [0.25, 0.3) is 0 Å². The molecule has 0 aromatic rings. The Morgan fingerprint density at radius 2 is 1.80 bits per heavy atom. The molecule has 10 nitrogen and oxygen atoms in total. The average molecular weight is 492 g/mol. The molecule has 5 atom stereocenters. The van der Waals surface area contributed by atoms with E-state index in [1.165, 1.54) is 12.2 Å². The number of hydrogen-bond donors (Lipinski definition) is 1. The molecule has 35 heavy (non-hydrogen) atoms. The van der Waals surface area contributed by atoms with Crippen molar-refractivity contribution < 1.29 is 43.4 Å². The molecule has 0 radical (unpaired) electrons. The van der Waals surface area contributed by atoms with Gasteiger partial charge in [-0.25, -0.2) is 9.59 Å². The second-order valence-corrected chi connectivity index (χ2v) is 9.27. The summed E-state index contributed by atoms with van der Waals surface area (Å²) in [5.41, 5.74) is 0. The number of aliphatic hydroxyl groups is 1. The van der Waals surface area contributed by atoms with Crippen molar-refractivity contribution in [2.75, 3.05) is 0 Å². The molecule has 3 aliphatic rings. The van der Waals surface area contributed by atoms with Crippen LogP contribution >= 0.6 is 0 Å². The van der Waals surface area contributed by atoms with E-state index in [0.29, 0.717) is 17.9 Å². The molecule has 192 valence electrons. The summed E-state index contributed by atoms with van der Waals surface area (Å²) in [5.74, 6) is -3.05. The number of hydrogen-bond acceptors (Lipinski definition) is 9. The summed E-state index contributed by atoms with van der Waals surface area (Å²) < 4.78 is 10.9. The highest BCUT2D eigenvalue weighted by Crippen LogP contribution is 2.38. The summed E-state index contributed by atoms with van der Waals surface area (Å²) in [4.78, 5) is 63.9. The summed E-state index contributed by atoms with van der Waals surface area (Å²) in [7, 11) is 0. The van der Waals surface area contributed by atoms with Crippen molar-refractivity contribution in [1.29, 1.82) is 0 Å². The van der Waals surface area contributed by atoms with E-state index in [2.05, 4.69) is 12.2 Å². The predicted octanol–water partition coefficient (Wildman–Crippen LogP) is 2.29. The SMILES string of the molecule is C[C@H]1CCC/C=C/[C@@H]2C[C@H](OC(=O)CCCC(=O)ON3C(=O)CCC3=O)C[C@H]2[C@H](O)/C=C/C(=O)O1. The second kappa shape index (κ2) is 12.6. The van der Waals surface area contributed by atoms with E-state index in [-0.39, 0.29) is 50.0 Å². The van der Waals surface area contributed by atoms with Crippen LogP contribution in [0, 0.1) is 11.8 Å². The zero-order chi connectivity index (χ0) is 25.4.